The van der Waals surface area contributed by atoms with Crippen molar-refractivity contribution >= 4 is 21.8 Å². The number of para-hydroxylation sites is 1. The van der Waals surface area contributed by atoms with Gasteiger partial charge in [0.25, 0.3) is 0 Å². The summed E-state index contributed by atoms with van der Waals surface area (Å²) in [6, 6.07) is 44.3. The van der Waals surface area contributed by atoms with E-state index in [4.69, 9.17) is 15.0 Å². The number of nitrogens with zero attached hydrogens (tertiary/aromatic N) is 4. The molecule has 0 saturated carbocycles. The Labute approximate surface area is 326 Å². The summed E-state index contributed by atoms with van der Waals surface area (Å²) in [5.74, 6) is 0.731. The summed E-state index contributed by atoms with van der Waals surface area (Å²) in [4.78, 5) is 14.8. The van der Waals surface area contributed by atoms with E-state index in [1.165, 1.54) is 18.2 Å². The van der Waals surface area contributed by atoms with Crippen molar-refractivity contribution in [3.63, 3.8) is 0 Å². The van der Waals surface area contributed by atoms with Crippen molar-refractivity contribution in [2.24, 2.45) is 0 Å². The smallest absolute Gasteiger partial charge is 0.309 e. The van der Waals surface area contributed by atoms with Gasteiger partial charge in [0.1, 0.15) is 5.82 Å². The van der Waals surface area contributed by atoms with Crippen LogP contribution in [0.4, 0.5) is 30.7 Å². The minimum atomic E-state index is -5.06. The molecule has 0 unspecified atom stereocenters. The Morgan fingerprint density at radius 2 is 0.966 bits per heavy atom. The predicted molar refractivity (Wildman–Crippen MR) is 211 cm³/mol. The number of hydrogen-bond donors (Lipinski definition) is 0. The molecule has 0 bridgehead atoms. The van der Waals surface area contributed by atoms with Gasteiger partial charge in [0.15, 0.2) is 17.5 Å². The molecular formula is C47H27F7N4. The van der Waals surface area contributed by atoms with Crippen LogP contribution in [0, 0.1) is 5.82 Å². The van der Waals surface area contributed by atoms with E-state index in [9.17, 15) is 30.7 Å². The minimum Gasteiger partial charge on any atom is -0.309 e. The summed E-state index contributed by atoms with van der Waals surface area (Å²) >= 11 is 0. The standard InChI is InChI=1S/C47H27F7N4/c48-33-19-15-28(16-20-33)35-24-21-34(27-39(35)45-56-43(29-9-3-1-4-10-29)55-44(57-45)30-11-5-2-6-12-30)58-41-14-8-7-13-37(41)38-22-17-31(25-42(38)58)36-23-18-32(46(49,50)51)26-40(36)47(52,53)54/h1-27H. The van der Waals surface area contributed by atoms with Crippen LogP contribution >= 0.6 is 0 Å². The van der Waals surface area contributed by atoms with Gasteiger partial charge in [-0.25, -0.2) is 19.3 Å². The van der Waals surface area contributed by atoms with E-state index in [1.54, 1.807) is 24.3 Å². The molecule has 0 aliphatic heterocycles. The fourth-order valence-electron chi connectivity index (χ4n) is 7.29. The lowest BCUT2D eigenvalue weighted by molar-refractivity contribution is -0.142. The molecule has 11 heteroatoms. The second-order valence-electron chi connectivity index (χ2n) is 13.6. The lowest BCUT2D eigenvalue weighted by Crippen LogP contribution is -2.12. The number of alkyl halides is 6. The Balaban J connectivity index is 1.31. The van der Waals surface area contributed by atoms with Crippen molar-refractivity contribution in [1.82, 2.24) is 19.5 Å². The van der Waals surface area contributed by atoms with Gasteiger partial charge >= 0.3 is 12.4 Å². The summed E-state index contributed by atoms with van der Waals surface area (Å²) < 4.78 is 100. The van der Waals surface area contributed by atoms with Crippen LogP contribution in [0.25, 0.3) is 83.9 Å². The molecule has 7 aromatic carbocycles. The van der Waals surface area contributed by atoms with E-state index >= 15 is 0 Å². The first-order valence-electron chi connectivity index (χ1n) is 18.0. The third-order valence-electron chi connectivity index (χ3n) is 9.99. The molecule has 0 radical (unpaired) electrons. The molecule has 9 rings (SSSR count). The summed E-state index contributed by atoms with van der Waals surface area (Å²) in [6.07, 6.45) is -10.0. The Bertz CT molecular complexity index is 2920. The first-order chi connectivity index (χ1) is 27.9. The van der Waals surface area contributed by atoms with E-state index in [-0.39, 0.29) is 11.6 Å². The quantitative estimate of drug-likeness (QED) is 0.158. The van der Waals surface area contributed by atoms with Gasteiger partial charge in [-0.3, -0.25) is 0 Å². The fourth-order valence-corrected chi connectivity index (χ4v) is 7.29. The van der Waals surface area contributed by atoms with Crippen LogP contribution in [0.3, 0.4) is 0 Å². The fraction of sp³-hybridized carbons (Fsp3) is 0.0426. The van der Waals surface area contributed by atoms with Crippen LogP contribution in [0.5, 0.6) is 0 Å². The highest BCUT2D eigenvalue weighted by Gasteiger charge is 2.38. The van der Waals surface area contributed by atoms with Crippen LogP contribution in [0.2, 0.25) is 0 Å². The SMILES string of the molecule is Fc1ccc(-c2ccc(-n3c4ccccc4c4ccc(-c5ccc(C(F)(F)F)cc5C(F)(F)F)cc43)cc2-c2nc(-c3ccccc3)nc(-c3ccccc3)n2)cc1. The zero-order chi connectivity index (χ0) is 40.2. The molecule has 2 aromatic heterocycles. The topological polar surface area (TPSA) is 43.6 Å². The van der Waals surface area contributed by atoms with Gasteiger partial charge in [-0.1, -0.05) is 115 Å². The van der Waals surface area contributed by atoms with Gasteiger partial charge in [0.2, 0.25) is 0 Å². The lowest BCUT2D eigenvalue weighted by atomic mass is 9.96. The van der Waals surface area contributed by atoms with E-state index in [1.807, 2.05) is 108 Å². The Morgan fingerprint density at radius 1 is 0.397 bits per heavy atom. The van der Waals surface area contributed by atoms with Crippen molar-refractivity contribution < 1.29 is 30.7 Å². The van der Waals surface area contributed by atoms with Gasteiger partial charge in [0, 0.05) is 33.2 Å². The largest absolute Gasteiger partial charge is 0.417 e. The van der Waals surface area contributed by atoms with Gasteiger partial charge in [-0.05, 0) is 70.8 Å². The van der Waals surface area contributed by atoms with Crippen molar-refractivity contribution in [1.29, 1.82) is 0 Å². The van der Waals surface area contributed by atoms with Gasteiger partial charge < -0.3 is 4.57 Å². The third-order valence-corrected chi connectivity index (χ3v) is 9.99. The average Bonchev–Trinajstić information content (AvgIpc) is 3.57. The summed E-state index contributed by atoms with van der Waals surface area (Å²) in [5.41, 5.74) is 2.15. The van der Waals surface area contributed by atoms with E-state index in [0.29, 0.717) is 56.8 Å². The van der Waals surface area contributed by atoms with Crippen LogP contribution < -0.4 is 0 Å². The molecule has 284 valence electrons. The highest BCUT2D eigenvalue weighted by molar-refractivity contribution is 6.10. The van der Waals surface area contributed by atoms with E-state index in [2.05, 4.69) is 0 Å². The minimum absolute atomic E-state index is 0.0817. The average molecular weight is 781 g/mol. The summed E-state index contributed by atoms with van der Waals surface area (Å²) in [6.45, 7) is 0. The van der Waals surface area contributed by atoms with Crippen LogP contribution in [0.15, 0.2) is 164 Å². The van der Waals surface area contributed by atoms with Crippen LogP contribution in [-0.2, 0) is 12.4 Å². The first kappa shape index (κ1) is 36.5. The third kappa shape index (κ3) is 6.74. The summed E-state index contributed by atoms with van der Waals surface area (Å²) in [7, 11) is 0. The molecule has 0 aliphatic carbocycles. The molecule has 2 heterocycles. The first-order valence-corrected chi connectivity index (χ1v) is 18.0. The molecular weight excluding hydrogens is 754 g/mol. The highest BCUT2D eigenvalue weighted by atomic mass is 19.4. The maximum absolute atomic E-state index is 14.4. The van der Waals surface area contributed by atoms with Crippen molar-refractivity contribution in [2.75, 3.05) is 0 Å². The van der Waals surface area contributed by atoms with E-state index < -0.39 is 34.9 Å². The number of aromatic nitrogens is 4. The normalized spacial score (nSPS) is 12.1. The number of halogens is 7. The molecule has 4 nitrogen and oxygen atoms in total. The zero-order valence-electron chi connectivity index (χ0n) is 30.0. The Morgan fingerprint density at radius 3 is 1.60 bits per heavy atom. The molecule has 0 saturated heterocycles. The number of benzene rings is 7. The van der Waals surface area contributed by atoms with Crippen molar-refractivity contribution in [2.45, 2.75) is 12.4 Å². The zero-order valence-corrected chi connectivity index (χ0v) is 30.0. The Hall–Kier alpha value is -7.14. The van der Waals surface area contributed by atoms with Gasteiger partial charge in [0.05, 0.1) is 22.2 Å². The maximum atomic E-state index is 14.4. The Kier molecular flexibility index (Phi) is 8.88. The molecule has 0 atom stereocenters. The predicted octanol–water partition coefficient (Wildman–Crippen LogP) is 13.5. The second-order valence-corrected chi connectivity index (χ2v) is 13.6. The lowest BCUT2D eigenvalue weighted by Gasteiger charge is -2.17. The molecule has 9 aromatic rings. The molecule has 0 fully saturated rings. The van der Waals surface area contributed by atoms with Crippen molar-refractivity contribution in [3.8, 4) is 62.1 Å². The molecule has 0 N–H and O–H groups in total. The second kappa shape index (κ2) is 14.1. The monoisotopic (exact) mass is 780 g/mol. The molecule has 58 heavy (non-hydrogen) atoms. The van der Waals surface area contributed by atoms with Crippen LogP contribution in [0.1, 0.15) is 11.1 Å². The number of hydrogen-bond acceptors (Lipinski definition) is 3. The number of fused-ring (bicyclic) bond motifs is 3. The maximum Gasteiger partial charge on any atom is 0.417 e. The van der Waals surface area contributed by atoms with Crippen LogP contribution in [-0.4, -0.2) is 19.5 Å². The highest BCUT2D eigenvalue weighted by Crippen LogP contribution is 2.43. The molecule has 0 aliphatic rings. The van der Waals surface area contributed by atoms with Crippen molar-refractivity contribution in [3.05, 3.63) is 181 Å². The molecule has 0 amide bonds. The molecule has 0 spiro atoms. The number of rotatable bonds is 6. The van der Waals surface area contributed by atoms with Gasteiger partial charge in [-0.2, -0.15) is 26.3 Å². The van der Waals surface area contributed by atoms with E-state index in [0.717, 1.165) is 28.1 Å². The van der Waals surface area contributed by atoms with Gasteiger partial charge in [-0.15, -0.1) is 0 Å². The summed E-state index contributed by atoms with van der Waals surface area (Å²) in [5, 5.41) is 1.51.